The van der Waals surface area contributed by atoms with Crippen LogP contribution in [-0.4, -0.2) is 0 Å². The van der Waals surface area contributed by atoms with Gasteiger partial charge in [-0.15, -0.1) is 0 Å². The van der Waals surface area contributed by atoms with Crippen molar-refractivity contribution in [3.05, 3.63) is 249 Å². The summed E-state index contributed by atoms with van der Waals surface area (Å²) in [6.07, 6.45) is 0. The van der Waals surface area contributed by atoms with Gasteiger partial charge in [0.2, 0.25) is 0 Å². The number of rotatable bonds is 8. The number of hydrogen-bond donors (Lipinski definition) is 0. The molecule has 0 aliphatic rings. The van der Waals surface area contributed by atoms with Crippen molar-refractivity contribution in [2.75, 3.05) is 4.90 Å². The van der Waals surface area contributed by atoms with Gasteiger partial charge in [-0.3, -0.25) is 0 Å². The summed E-state index contributed by atoms with van der Waals surface area (Å²) in [4.78, 5) is 2.38. The van der Waals surface area contributed by atoms with E-state index in [1.54, 1.807) is 0 Å². The van der Waals surface area contributed by atoms with E-state index in [1.807, 2.05) is 0 Å². The summed E-state index contributed by atoms with van der Waals surface area (Å²) < 4.78 is 7.33. The molecule has 2 nitrogen and oxygen atoms in total. The fourth-order valence-electron chi connectivity index (χ4n) is 9.44. The van der Waals surface area contributed by atoms with Gasteiger partial charge in [0.25, 0.3) is 0 Å². The summed E-state index contributed by atoms with van der Waals surface area (Å²) in [5.74, 6) is 0. The normalized spacial score (nSPS) is 11.4. The van der Waals surface area contributed by atoms with Gasteiger partial charge < -0.3 is 9.32 Å². The van der Waals surface area contributed by atoms with Crippen LogP contribution in [0.2, 0.25) is 0 Å². The van der Waals surface area contributed by atoms with Crippen LogP contribution in [0.15, 0.2) is 253 Å². The summed E-state index contributed by atoms with van der Waals surface area (Å²) in [5, 5.41) is 6.75. The van der Waals surface area contributed by atoms with Crippen LogP contribution < -0.4 is 4.90 Å². The van der Waals surface area contributed by atoms with E-state index in [0.717, 1.165) is 77.6 Å². The molecule has 12 aromatic rings. The Hall–Kier alpha value is -8.46. The Balaban J connectivity index is 1.18. The summed E-state index contributed by atoms with van der Waals surface area (Å²) >= 11 is 0. The van der Waals surface area contributed by atoms with Crippen molar-refractivity contribution in [1.82, 2.24) is 0 Å². The molecule has 0 spiro atoms. The minimum atomic E-state index is 0.830. The van der Waals surface area contributed by atoms with Crippen LogP contribution in [0.25, 0.3) is 99.1 Å². The molecule has 0 atom stereocenters. The molecule has 0 fully saturated rings. The Morgan fingerprint density at radius 2 is 0.703 bits per heavy atom. The van der Waals surface area contributed by atoms with Gasteiger partial charge in [0.05, 0.1) is 5.69 Å². The van der Waals surface area contributed by atoms with Gasteiger partial charge in [-0.2, -0.15) is 0 Å². The van der Waals surface area contributed by atoms with Gasteiger partial charge in [0, 0.05) is 27.5 Å². The minimum absolute atomic E-state index is 0.830. The standard InChI is InChI=1S/C62H41NO/c1-5-17-42(18-6-1)46-29-32-53(33-30-46)63(54-34-31-45-23-13-14-26-48(45)38-54)60-40-52(51-36-49(43-19-7-2-8-20-43)35-50(37-51)44-21-9-3-10-22-44)39-58-59-41-57(47-24-11-4-12-25-47)55-27-15-16-28-56(55)61(59)64-62(58)60/h1-41H. The molecule has 1 aromatic heterocycles. The largest absolute Gasteiger partial charge is 0.453 e. The van der Waals surface area contributed by atoms with E-state index in [2.05, 4.69) is 254 Å². The molecular formula is C62H41NO. The highest BCUT2D eigenvalue weighted by molar-refractivity contribution is 6.21. The van der Waals surface area contributed by atoms with E-state index in [1.165, 1.54) is 38.6 Å². The first-order valence-corrected chi connectivity index (χ1v) is 21.9. The Labute approximate surface area is 372 Å². The molecule has 300 valence electrons. The van der Waals surface area contributed by atoms with Crippen LogP contribution in [0.1, 0.15) is 0 Å². The molecule has 0 N–H and O–H groups in total. The smallest absolute Gasteiger partial charge is 0.159 e. The number of fused-ring (bicyclic) bond motifs is 6. The Bertz CT molecular complexity index is 3570. The van der Waals surface area contributed by atoms with Crippen LogP contribution in [0.5, 0.6) is 0 Å². The number of hydrogen-bond acceptors (Lipinski definition) is 2. The van der Waals surface area contributed by atoms with Crippen LogP contribution in [0.4, 0.5) is 17.1 Å². The first-order valence-electron chi connectivity index (χ1n) is 21.9. The minimum Gasteiger partial charge on any atom is -0.453 e. The van der Waals surface area contributed by atoms with Crippen LogP contribution in [0, 0.1) is 0 Å². The molecule has 11 aromatic carbocycles. The van der Waals surface area contributed by atoms with Crippen LogP contribution in [-0.2, 0) is 0 Å². The van der Waals surface area contributed by atoms with Crippen molar-refractivity contribution in [2.45, 2.75) is 0 Å². The predicted octanol–water partition coefficient (Wildman–Crippen LogP) is 17.7. The summed E-state index contributed by atoms with van der Waals surface area (Å²) in [6, 6.07) is 89.7. The second kappa shape index (κ2) is 15.8. The highest BCUT2D eigenvalue weighted by atomic mass is 16.3. The van der Waals surface area contributed by atoms with Crippen LogP contribution >= 0.6 is 0 Å². The fraction of sp³-hybridized carbons (Fsp3) is 0. The maximum absolute atomic E-state index is 7.33. The zero-order valence-electron chi connectivity index (χ0n) is 35.0. The van der Waals surface area contributed by atoms with E-state index in [0.29, 0.717) is 0 Å². The first-order chi connectivity index (χ1) is 31.7. The van der Waals surface area contributed by atoms with Gasteiger partial charge in [-0.05, 0) is 132 Å². The van der Waals surface area contributed by atoms with Gasteiger partial charge in [0.15, 0.2) is 5.58 Å². The van der Waals surface area contributed by atoms with Crippen molar-refractivity contribution in [1.29, 1.82) is 0 Å². The van der Waals surface area contributed by atoms with E-state index in [9.17, 15) is 0 Å². The molecular weight excluding hydrogens is 775 g/mol. The lowest BCUT2D eigenvalue weighted by molar-refractivity contribution is 0.673. The lowest BCUT2D eigenvalue weighted by Crippen LogP contribution is -2.10. The number of benzene rings is 11. The maximum atomic E-state index is 7.33. The van der Waals surface area contributed by atoms with E-state index in [-0.39, 0.29) is 0 Å². The van der Waals surface area contributed by atoms with Crippen molar-refractivity contribution in [3.63, 3.8) is 0 Å². The lowest BCUT2D eigenvalue weighted by Gasteiger charge is -2.27. The molecule has 12 rings (SSSR count). The van der Waals surface area contributed by atoms with Crippen molar-refractivity contribution in [2.24, 2.45) is 0 Å². The Morgan fingerprint density at radius 1 is 0.250 bits per heavy atom. The van der Waals surface area contributed by atoms with Gasteiger partial charge in [-0.25, -0.2) is 0 Å². The van der Waals surface area contributed by atoms with Gasteiger partial charge >= 0.3 is 0 Å². The first kappa shape index (κ1) is 37.3. The third-order valence-corrected chi connectivity index (χ3v) is 12.6. The Morgan fingerprint density at radius 3 is 1.33 bits per heavy atom. The molecule has 0 aliphatic carbocycles. The van der Waals surface area contributed by atoms with Gasteiger partial charge in [0.1, 0.15) is 5.58 Å². The molecule has 1 heterocycles. The zero-order chi connectivity index (χ0) is 42.4. The summed E-state index contributed by atoms with van der Waals surface area (Å²) in [7, 11) is 0. The third-order valence-electron chi connectivity index (χ3n) is 12.6. The van der Waals surface area contributed by atoms with E-state index in [4.69, 9.17) is 4.42 Å². The Kier molecular flexibility index (Phi) is 9.20. The molecule has 0 unspecified atom stereocenters. The molecule has 0 radical (unpaired) electrons. The van der Waals surface area contributed by atoms with Crippen molar-refractivity contribution in [3.8, 4) is 55.6 Å². The molecule has 0 bridgehead atoms. The molecule has 64 heavy (non-hydrogen) atoms. The highest BCUT2D eigenvalue weighted by Crippen LogP contribution is 2.48. The topological polar surface area (TPSA) is 16.4 Å². The highest BCUT2D eigenvalue weighted by Gasteiger charge is 2.24. The number of furan rings is 1. The van der Waals surface area contributed by atoms with Crippen molar-refractivity contribution < 1.29 is 4.42 Å². The summed E-state index contributed by atoms with van der Waals surface area (Å²) in [5.41, 5.74) is 16.3. The molecule has 0 saturated heterocycles. The third kappa shape index (κ3) is 6.70. The zero-order valence-corrected chi connectivity index (χ0v) is 35.0. The SMILES string of the molecule is c1ccc(-c2ccc(N(c3ccc4ccccc4c3)c3cc(-c4cc(-c5ccccc5)cc(-c5ccccc5)c4)cc4c3oc3c5ccccc5c(-c5ccccc5)cc43)cc2)cc1. The van der Waals surface area contributed by atoms with Crippen LogP contribution in [0.3, 0.4) is 0 Å². The molecule has 0 saturated carbocycles. The maximum Gasteiger partial charge on any atom is 0.159 e. The fourth-order valence-corrected chi connectivity index (χ4v) is 9.44. The molecule has 0 amide bonds. The molecule has 2 heteroatoms. The number of nitrogens with zero attached hydrogens (tertiary/aromatic N) is 1. The predicted molar refractivity (Wildman–Crippen MR) is 271 cm³/mol. The van der Waals surface area contributed by atoms with Crippen molar-refractivity contribution >= 4 is 60.5 Å². The quantitative estimate of drug-likeness (QED) is 0.152. The lowest BCUT2D eigenvalue weighted by atomic mass is 9.91. The molecule has 0 aliphatic heterocycles. The average molecular weight is 816 g/mol. The number of anilines is 3. The second-order valence-corrected chi connectivity index (χ2v) is 16.5. The average Bonchev–Trinajstić information content (AvgIpc) is 3.76. The van der Waals surface area contributed by atoms with E-state index < -0.39 is 0 Å². The van der Waals surface area contributed by atoms with Gasteiger partial charge in [-0.1, -0.05) is 188 Å². The monoisotopic (exact) mass is 815 g/mol. The summed E-state index contributed by atoms with van der Waals surface area (Å²) in [6.45, 7) is 0. The second-order valence-electron chi connectivity index (χ2n) is 16.5. The van der Waals surface area contributed by atoms with E-state index >= 15 is 0 Å².